The van der Waals surface area contributed by atoms with Crippen LogP contribution in [0.4, 0.5) is 8.78 Å². The van der Waals surface area contributed by atoms with Gasteiger partial charge in [-0.05, 0) is 30.1 Å². The van der Waals surface area contributed by atoms with Gasteiger partial charge in [-0.2, -0.15) is 0 Å². The Morgan fingerprint density at radius 2 is 2.21 bits per heavy atom. The molecule has 0 aliphatic carbocycles. The molecule has 1 aliphatic rings. The molecule has 0 saturated carbocycles. The van der Waals surface area contributed by atoms with E-state index in [-0.39, 0.29) is 28.5 Å². The Labute approximate surface area is 176 Å². The molecule has 1 aromatic heterocycles. The second-order valence-electron chi connectivity index (χ2n) is 6.28. The Bertz CT molecular complexity index is 1070. The van der Waals surface area contributed by atoms with Crippen molar-refractivity contribution in [3.8, 4) is 0 Å². The first kappa shape index (κ1) is 14.0. The van der Waals surface area contributed by atoms with Crippen molar-refractivity contribution >= 4 is 17.5 Å². The van der Waals surface area contributed by atoms with Crippen LogP contribution in [-0.2, 0) is 12.9 Å². The molecule has 0 bridgehead atoms. The van der Waals surface area contributed by atoms with E-state index >= 15 is 4.39 Å². The smallest absolute Gasteiger partial charge is 0.253 e. The lowest BCUT2D eigenvalue weighted by atomic mass is 9.92. The van der Waals surface area contributed by atoms with Crippen molar-refractivity contribution in [3.05, 3.63) is 58.4 Å². The van der Waals surface area contributed by atoms with E-state index in [1.807, 2.05) is 0 Å². The predicted molar refractivity (Wildman–Crippen MR) is 104 cm³/mol. The molecule has 28 heavy (non-hydrogen) atoms. The molecule has 1 aliphatic heterocycles. The summed E-state index contributed by atoms with van der Waals surface area (Å²) < 4.78 is 77.5. The number of nitrogens with one attached hydrogen (secondary N) is 1. The molecule has 5 nitrogen and oxygen atoms in total. The molecule has 3 rings (SSSR count). The topological polar surface area (TPSA) is 58.1 Å². The number of rotatable bonds is 6. The Kier molecular flexibility index (Phi) is 4.45. The number of amides is 1. The van der Waals surface area contributed by atoms with Gasteiger partial charge < -0.3 is 10.2 Å². The fourth-order valence-electron chi connectivity index (χ4n) is 2.59. The molecule has 0 radical (unpaired) electrons. The van der Waals surface area contributed by atoms with Crippen LogP contribution in [0.15, 0.2) is 30.6 Å². The van der Waals surface area contributed by atoms with Gasteiger partial charge in [-0.25, -0.2) is 18.7 Å². The molecule has 1 N–H and O–H groups in total. The van der Waals surface area contributed by atoms with Gasteiger partial charge in [0.15, 0.2) is 0 Å². The van der Waals surface area contributed by atoms with Gasteiger partial charge in [0.2, 0.25) is 0 Å². The number of piperidine rings is 1. The van der Waals surface area contributed by atoms with Crippen LogP contribution in [0.2, 0.25) is 5.02 Å². The van der Waals surface area contributed by atoms with Gasteiger partial charge in [-0.15, -0.1) is 0 Å². The minimum absolute atomic E-state index is 0.0610. The number of halogens is 3. The molecule has 1 amide bonds. The van der Waals surface area contributed by atoms with E-state index in [0.29, 0.717) is 4.90 Å². The molecule has 1 unspecified atom stereocenters. The van der Waals surface area contributed by atoms with E-state index in [9.17, 15) is 9.18 Å². The molecule has 2 aromatic rings. The maximum atomic E-state index is 15.7. The Morgan fingerprint density at radius 3 is 2.89 bits per heavy atom. The first-order valence-electron chi connectivity index (χ1n) is 11.6. The minimum atomic E-state index is -3.10. The number of carbonyl (C=O) groups excluding carboxylic acids is 1. The highest BCUT2D eigenvalue weighted by molar-refractivity contribution is 6.31. The summed E-state index contributed by atoms with van der Waals surface area (Å²) in [5, 5.41) is 2.34. The van der Waals surface area contributed by atoms with Crippen molar-refractivity contribution in [3.63, 3.8) is 0 Å². The number of alkyl halides is 1. The number of aromatic nitrogens is 2. The highest BCUT2D eigenvalue weighted by Crippen LogP contribution is 2.27. The number of aryl methyl sites for hydroxylation is 1. The van der Waals surface area contributed by atoms with Crippen LogP contribution in [0.3, 0.4) is 0 Å². The Balaban J connectivity index is 1.72. The SMILES string of the molecule is [2H]C([2H])(C)c1cnc(CNCC2(F)CCN(C(=O)c3ccc(F)c(Cl)c3)C([2H])([2H])C2([2H])[2H])nc1. The molecule has 1 atom stereocenters. The van der Waals surface area contributed by atoms with E-state index < -0.39 is 56.1 Å². The molecule has 150 valence electrons. The van der Waals surface area contributed by atoms with E-state index in [2.05, 4.69) is 15.3 Å². The molecule has 1 saturated heterocycles. The summed E-state index contributed by atoms with van der Waals surface area (Å²) in [5.41, 5.74) is -2.55. The maximum absolute atomic E-state index is 15.7. The quantitative estimate of drug-likeness (QED) is 0.785. The average molecular weight is 415 g/mol. The van der Waals surface area contributed by atoms with Gasteiger partial charge in [0.25, 0.3) is 5.91 Å². The van der Waals surface area contributed by atoms with Crippen molar-refractivity contribution in [1.29, 1.82) is 0 Å². The zero-order valence-corrected chi connectivity index (χ0v) is 15.9. The van der Waals surface area contributed by atoms with Crippen LogP contribution >= 0.6 is 11.6 Å². The second kappa shape index (κ2) is 8.92. The summed E-state index contributed by atoms with van der Waals surface area (Å²) >= 11 is 5.70. The van der Waals surface area contributed by atoms with Gasteiger partial charge in [-0.1, -0.05) is 18.5 Å². The standard InChI is InChI=1S/C20H23ClF2N4O/c1-2-14-10-25-18(26-11-14)12-24-13-20(23)5-7-27(8-6-20)19(28)15-3-4-17(22)16(21)9-15/h3-4,9-11,24H,2,5-8,12-13H2,1H3/i2D2,5D2,7D2. The van der Waals surface area contributed by atoms with Crippen LogP contribution in [0, 0.1) is 5.82 Å². The lowest BCUT2D eigenvalue weighted by Gasteiger charge is -2.36. The summed E-state index contributed by atoms with van der Waals surface area (Å²) in [4.78, 5) is 21.4. The average Bonchev–Trinajstić information content (AvgIpc) is 2.74. The number of benzene rings is 1. The normalized spacial score (nSPS) is 26.9. The summed E-state index contributed by atoms with van der Waals surface area (Å²) in [6.45, 7) is -2.73. The van der Waals surface area contributed by atoms with Crippen LogP contribution < -0.4 is 5.32 Å². The molecular formula is C20H23ClF2N4O. The van der Waals surface area contributed by atoms with Gasteiger partial charge in [0.1, 0.15) is 17.3 Å². The number of likely N-dealkylation sites (tertiary alicyclic amines) is 1. The summed E-state index contributed by atoms with van der Waals surface area (Å²) in [7, 11) is 0. The summed E-state index contributed by atoms with van der Waals surface area (Å²) in [6.07, 6.45) is -2.62. The number of hydrogen-bond donors (Lipinski definition) is 1. The first-order chi connectivity index (χ1) is 15.6. The second-order valence-corrected chi connectivity index (χ2v) is 6.69. The molecule has 1 aromatic carbocycles. The zero-order chi connectivity index (χ0) is 25.5. The fraction of sp³-hybridized carbons (Fsp3) is 0.450. The lowest BCUT2D eigenvalue weighted by Crippen LogP contribution is -2.48. The van der Waals surface area contributed by atoms with Crippen LogP contribution in [0.5, 0.6) is 0 Å². The van der Waals surface area contributed by atoms with E-state index in [1.165, 1.54) is 19.3 Å². The Hall–Kier alpha value is -2.12. The van der Waals surface area contributed by atoms with E-state index in [4.69, 9.17) is 19.8 Å². The molecule has 8 heteroatoms. The van der Waals surface area contributed by atoms with Gasteiger partial charge in [0.05, 0.1) is 11.6 Å². The fourth-order valence-corrected chi connectivity index (χ4v) is 2.77. The van der Waals surface area contributed by atoms with Crippen molar-refractivity contribution in [1.82, 2.24) is 20.2 Å². The molecular weight excluding hydrogens is 386 g/mol. The maximum Gasteiger partial charge on any atom is 0.253 e. The predicted octanol–water partition coefficient (Wildman–Crippen LogP) is 3.57. The number of hydrogen-bond acceptors (Lipinski definition) is 4. The lowest BCUT2D eigenvalue weighted by molar-refractivity contribution is 0.0434. The largest absolute Gasteiger partial charge is 0.338 e. The molecule has 1 fully saturated rings. The first-order valence-corrected chi connectivity index (χ1v) is 8.96. The third kappa shape index (κ3) is 5.02. The van der Waals surface area contributed by atoms with Crippen molar-refractivity contribution in [2.45, 2.75) is 38.3 Å². The third-order valence-electron chi connectivity index (χ3n) is 4.24. The minimum Gasteiger partial charge on any atom is -0.338 e. The molecule has 2 heterocycles. The number of nitrogens with zero attached hydrogens (tertiary/aromatic N) is 3. The van der Waals surface area contributed by atoms with E-state index in [0.717, 1.165) is 18.2 Å². The van der Waals surface area contributed by atoms with E-state index in [1.54, 1.807) is 0 Å². The van der Waals surface area contributed by atoms with Gasteiger partial charge in [-0.3, -0.25) is 4.79 Å². The van der Waals surface area contributed by atoms with Crippen LogP contribution in [0.1, 0.15) is 49.7 Å². The van der Waals surface area contributed by atoms with Crippen molar-refractivity contribution in [2.75, 3.05) is 19.6 Å². The van der Waals surface area contributed by atoms with Crippen LogP contribution in [-0.4, -0.2) is 46.0 Å². The van der Waals surface area contributed by atoms with Crippen molar-refractivity contribution < 1.29 is 21.8 Å². The Morgan fingerprint density at radius 1 is 1.46 bits per heavy atom. The van der Waals surface area contributed by atoms with Gasteiger partial charge >= 0.3 is 0 Å². The highest BCUT2D eigenvalue weighted by atomic mass is 35.5. The highest BCUT2D eigenvalue weighted by Gasteiger charge is 2.36. The zero-order valence-electron chi connectivity index (χ0n) is 21.1. The van der Waals surface area contributed by atoms with Crippen molar-refractivity contribution in [2.24, 2.45) is 0 Å². The number of carbonyl (C=O) groups is 1. The summed E-state index contributed by atoms with van der Waals surface area (Å²) in [5.74, 6) is -1.48. The monoisotopic (exact) mass is 414 g/mol. The summed E-state index contributed by atoms with van der Waals surface area (Å²) in [6, 6.07) is 3.05. The third-order valence-corrected chi connectivity index (χ3v) is 4.53. The van der Waals surface area contributed by atoms with Crippen LogP contribution in [0.25, 0.3) is 0 Å². The molecule has 0 spiro atoms. The van der Waals surface area contributed by atoms with Gasteiger partial charge in [0, 0.05) is 58.6 Å².